The van der Waals surface area contributed by atoms with Gasteiger partial charge < -0.3 is 14.2 Å². The third kappa shape index (κ3) is 4.95. The highest BCUT2D eigenvalue weighted by Gasteiger charge is 2.27. The van der Waals surface area contributed by atoms with Crippen LogP contribution < -0.4 is 25.9 Å². The molecule has 0 saturated carbocycles. The van der Waals surface area contributed by atoms with E-state index in [2.05, 4.69) is 12.1 Å². The van der Waals surface area contributed by atoms with Crippen LogP contribution in [-0.2, 0) is 19.1 Å². The summed E-state index contributed by atoms with van der Waals surface area (Å²) in [6.07, 6.45) is -0.379. The first kappa shape index (κ1) is 16.8. The van der Waals surface area contributed by atoms with Crippen molar-refractivity contribution < 1.29 is 45.0 Å². The van der Waals surface area contributed by atoms with Gasteiger partial charge in [0.25, 0.3) is 0 Å². The van der Waals surface area contributed by atoms with Crippen molar-refractivity contribution in [2.75, 3.05) is 13.2 Å². The highest BCUT2D eigenvalue weighted by molar-refractivity contribution is 5.75. The SMILES string of the molecule is O=C1CC(OC(=O)COc2ccc([I+]c3ccccc3)cc2)CO1. The molecule has 6 heteroatoms. The summed E-state index contributed by atoms with van der Waals surface area (Å²) >= 11 is -0.214. The van der Waals surface area contributed by atoms with E-state index in [9.17, 15) is 9.59 Å². The van der Waals surface area contributed by atoms with E-state index in [0.717, 1.165) is 0 Å². The Morgan fingerprint density at radius 1 is 1.08 bits per heavy atom. The van der Waals surface area contributed by atoms with Crippen LogP contribution in [0.25, 0.3) is 0 Å². The Bertz CT molecular complexity index is 699. The molecule has 24 heavy (non-hydrogen) atoms. The van der Waals surface area contributed by atoms with Crippen molar-refractivity contribution in [2.24, 2.45) is 0 Å². The molecule has 2 aromatic rings. The molecule has 3 rings (SSSR count). The highest BCUT2D eigenvalue weighted by Crippen LogP contribution is 2.11. The maximum Gasteiger partial charge on any atom is 0.357 e. The van der Waals surface area contributed by atoms with Crippen molar-refractivity contribution in [1.82, 2.24) is 0 Å². The van der Waals surface area contributed by atoms with Gasteiger partial charge in [-0.1, -0.05) is 18.2 Å². The van der Waals surface area contributed by atoms with Crippen LogP contribution in [0.5, 0.6) is 5.75 Å². The van der Waals surface area contributed by atoms with Crippen molar-refractivity contribution in [3.05, 3.63) is 61.7 Å². The molecule has 1 aliphatic rings. The topological polar surface area (TPSA) is 61.8 Å². The Hall–Kier alpha value is -2.09. The van der Waals surface area contributed by atoms with Crippen LogP contribution in [0, 0.1) is 7.14 Å². The van der Waals surface area contributed by atoms with E-state index in [1.54, 1.807) is 0 Å². The van der Waals surface area contributed by atoms with Crippen LogP contribution in [0.2, 0.25) is 0 Å². The number of benzene rings is 2. The van der Waals surface area contributed by atoms with E-state index in [1.807, 2.05) is 42.5 Å². The average molecular weight is 439 g/mol. The van der Waals surface area contributed by atoms with Gasteiger partial charge in [-0.15, -0.1) is 0 Å². The van der Waals surface area contributed by atoms with Gasteiger partial charge in [0.15, 0.2) is 13.7 Å². The van der Waals surface area contributed by atoms with E-state index >= 15 is 0 Å². The summed E-state index contributed by atoms with van der Waals surface area (Å²) in [5.74, 6) is -0.225. The van der Waals surface area contributed by atoms with E-state index in [-0.39, 0.29) is 46.8 Å². The highest BCUT2D eigenvalue weighted by atomic mass is 127. The average Bonchev–Trinajstić information content (AvgIpc) is 3.00. The fourth-order valence-corrected chi connectivity index (χ4v) is 4.34. The first-order chi connectivity index (χ1) is 11.7. The van der Waals surface area contributed by atoms with Gasteiger partial charge in [0.1, 0.15) is 18.5 Å². The van der Waals surface area contributed by atoms with E-state index in [0.29, 0.717) is 5.75 Å². The van der Waals surface area contributed by atoms with Gasteiger partial charge in [-0.25, -0.2) is 4.79 Å². The summed E-state index contributed by atoms with van der Waals surface area (Å²) in [5, 5.41) is 0. The van der Waals surface area contributed by atoms with Gasteiger partial charge >= 0.3 is 33.1 Å². The molecule has 0 amide bonds. The zero-order chi connectivity index (χ0) is 16.8. The molecular formula is C18H16IO5+. The van der Waals surface area contributed by atoms with Crippen molar-refractivity contribution >= 4 is 11.9 Å². The van der Waals surface area contributed by atoms with Crippen molar-refractivity contribution in [2.45, 2.75) is 12.5 Å². The molecule has 1 heterocycles. The summed E-state index contributed by atoms with van der Waals surface area (Å²) in [6.45, 7) is -0.0554. The largest absolute Gasteiger partial charge is 0.482 e. The molecule has 0 bridgehead atoms. The lowest BCUT2D eigenvalue weighted by Gasteiger charge is -2.09. The molecule has 2 aromatic carbocycles. The summed E-state index contributed by atoms with van der Waals surface area (Å²) < 4.78 is 17.9. The molecule has 0 radical (unpaired) electrons. The first-order valence-electron chi connectivity index (χ1n) is 7.47. The molecule has 1 saturated heterocycles. The lowest BCUT2D eigenvalue weighted by molar-refractivity contribution is -0.597. The Morgan fingerprint density at radius 2 is 1.79 bits per heavy atom. The summed E-state index contributed by atoms with van der Waals surface area (Å²) in [5.41, 5.74) is 0. The molecule has 0 aromatic heterocycles. The maximum atomic E-state index is 11.7. The Labute approximate surface area is 150 Å². The number of carbonyl (C=O) groups excluding carboxylic acids is 2. The quantitative estimate of drug-likeness (QED) is 0.430. The predicted molar refractivity (Wildman–Crippen MR) is 81.2 cm³/mol. The van der Waals surface area contributed by atoms with E-state index in [4.69, 9.17) is 14.2 Å². The zero-order valence-electron chi connectivity index (χ0n) is 12.8. The number of hydrogen-bond donors (Lipinski definition) is 0. The second-order valence-electron chi connectivity index (χ2n) is 5.13. The van der Waals surface area contributed by atoms with E-state index < -0.39 is 12.1 Å². The number of carbonyl (C=O) groups is 2. The monoisotopic (exact) mass is 439 g/mol. The number of esters is 2. The molecule has 124 valence electrons. The zero-order valence-corrected chi connectivity index (χ0v) is 15.0. The van der Waals surface area contributed by atoms with E-state index in [1.165, 1.54) is 7.14 Å². The van der Waals surface area contributed by atoms with Gasteiger partial charge in [0.2, 0.25) is 0 Å². The van der Waals surface area contributed by atoms with Gasteiger partial charge in [-0.2, -0.15) is 0 Å². The molecule has 0 spiro atoms. The Kier molecular flexibility index (Phi) is 5.68. The molecular weight excluding hydrogens is 423 g/mol. The van der Waals surface area contributed by atoms with Crippen molar-refractivity contribution in [3.63, 3.8) is 0 Å². The standard InChI is InChI=1S/C18H16IO5/c20-17-10-16(11-23-17)24-18(21)12-22-15-8-6-14(7-9-15)19-13-4-2-1-3-5-13/h1-9,16H,10-12H2/q+1. The van der Waals surface area contributed by atoms with Gasteiger partial charge in [0, 0.05) is 0 Å². The third-order valence-electron chi connectivity index (χ3n) is 3.24. The number of hydrogen-bond acceptors (Lipinski definition) is 5. The second-order valence-corrected chi connectivity index (χ2v) is 8.16. The number of rotatable bonds is 6. The fourth-order valence-electron chi connectivity index (χ4n) is 2.12. The lowest BCUT2D eigenvalue weighted by atomic mass is 10.3. The minimum absolute atomic E-state index is 0.115. The molecule has 1 fully saturated rings. The Balaban J connectivity index is 1.46. The van der Waals surface area contributed by atoms with Crippen LogP contribution in [-0.4, -0.2) is 31.3 Å². The minimum atomic E-state index is -0.501. The van der Waals surface area contributed by atoms with Crippen LogP contribution >= 0.6 is 0 Å². The molecule has 1 aliphatic heterocycles. The third-order valence-corrected chi connectivity index (χ3v) is 5.93. The van der Waals surface area contributed by atoms with Crippen LogP contribution in [0.4, 0.5) is 0 Å². The van der Waals surface area contributed by atoms with Crippen LogP contribution in [0.3, 0.4) is 0 Å². The first-order valence-corrected chi connectivity index (χ1v) is 9.62. The minimum Gasteiger partial charge on any atom is -0.482 e. The number of halogens is 1. The molecule has 1 atom stereocenters. The molecule has 1 unspecified atom stereocenters. The lowest BCUT2D eigenvalue weighted by Crippen LogP contribution is -3.61. The molecule has 0 N–H and O–H groups in total. The summed E-state index contributed by atoms with van der Waals surface area (Å²) in [6, 6.07) is 18.1. The maximum absolute atomic E-state index is 11.7. The summed E-state index contributed by atoms with van der Waals surface area (Å²) in [7, 11) is 0. The summed E-state index contributed by atoms with van der Waals surface area (Å²) in [4.78, 5) is 22.6. The smallest absolute Gasteiger partial charge is 0.357 e. The fraction of sp³-hybridized carbons (Fsp3) is 0.222. The van der Waals surface area contributed by atoms with Gasteiger partial charge in [0.05, 0.1) is 6.42 Å². The van der Waals surface area contributed by atoms with Gasteiger partial charge in [-0.3, -0.25) is 4.79 Å². The van der Waals surface area contributed by atoms with Crippen molar-refractivity contribution in [1.29, 1.82) is 0 Å². The normalized spacial score (nSPS) is 16.5. The number of cyclic esters (lactones) is 1. The number of ether oxygens (including phenoxy) is 3. The van der Waals surface area contributed by atoms with Crippen LogP contribution in [0.15, 0.2) is 54.6 Å². The predicted octanol–water partition coefficient (Wildman–Crippen LogP) is -0.947. The van der Waals surface area contributed by atoms with Crippen LogP contribution in [0.1, 0.15) is 6.42 Å². The van der Waals surface area contributed by atoms with Gasteiger partial charge in [-0.05, 0) is 36.4 Å². The van der Waals surface area contributed by atoms with Crippen molar-refractivity contribution in [3.8, 4) is 5.75 Å². The molecule has 5 nitrogen and oxygen atoms in total. The Morgan fingerprint density at radius 3 is 2.46 bits per heavy atom. The molecule has 0 aliphatic carbocycles. The second kappa shape index (κ2) is 8.14.